The average Bonchev–Trinajstić information content (AvgIpc) is 2.02. The molecule has 4 heteroatoms. The second kappa shape index (κ2) is 5.07. The predicted octanol–water partition coefficient (Wildman–Crippen LogP) is 0.150. The standard InChI is InChI=1S/C10H22O4/c1-6(11)10(7(2)12,8(3)13)9(4)14-5/h6-9,11-13H,1-5H3. The molecule has 0 fully saturated rings. The first-order valence-electron chi connectivity index (χ1n) is 4.88. The summed E-state index contributed by atoms with van der Waals surface area (Å²) in [4.78, 5) is 0. The predicted molar refractivity (Wildman–Crippen MR) is 53.9 cm³/mol. The molecule has 0 spiro atoms. The molecule has 4 atom stereocenters. The number of aliphatic hydroxyl groups is 3. The van der Waals surface area contributed by atoms with Crippen LogP contribution < -0.4 is 0 Å². The monoisotopic (exact) mass is 206 g/mol. The molecule has 0 saturated carbocycles. The van der Waals surface area contributed by atoms with Crippen LogP contribution in [0.5, 0.6) is 0 Å². The minimum absolute atomic E-state index is 0.428. The molecule has 3 N–H and O–H groups in total. The molecule has 4 nitrogen and oxygen atoms in total. The lowest BCUT2D eigenvalue weighted by Crippen LogP contribution is -2.57. The summed E-state index contributed by atoms with van der Waals surface area (Å²) in [6.45, 7) is 6.38. The average molecular weight is 206 g/mol. The molecule has 0 rings (SSSR count). The van der Waals surface area contributed by atoms with Gasteiger partial charge in [0, 0.05) is 7.11 Å². The van der Waals surface area contributed by atoms with Crippen LogP contribution in [0.25, 0.3) is 0 Å². The second-order valence-electron chi connectivity index (χ2n) is 3.91. The van der Waals surface area contributed by atoms with Gasteiger partial charge in [0.25, 0.3) is 0 Å². The highest BCUT2D eigenvalue weighted by molar-refractivity contribution is 4.97. The zero-order valence-corrected chi connectivity index (χ0v) is 9.56. The molecule has 0 radical (unpaired) electrons. The van der Waals surface area contributed by atoms with Crippen LogP contribution >= 0.6 is 0 Å². The highest BCUT2D eigenvalue weighted by Gasteiger charge is 2.49. The summed E-state index contributed by atoms with van der Waals surface area (Å²) in [7, 11) is 1.49. The molecule has 0 aromatic heterocycles. The lowest BCUT2D eigenvalue weighted by atomic mass is 9.69. The molecule has 86 valence electrons. The van der Waals surface area contributed by atoms with Crippen molar-refractivity contribution < 1.29 is 20.1 Å². The SMILES string of the molecule is COC(C)C(C(C)O)(C(C)O)C(C)O. The van der Waals surface area contributed by atoms with Gasteiger partial charge in [0.2, 0.25) is 0 Å². The lowest BCUT2D eigenvalue weighted by molar-refractivity contribution is -0.182. The van der Waals surface area contributed by atoms with Gasteiger partial charge in [0.15, 0.2) is 0 Å². The van der Waals surface area contributed by atoms with Crippen molar-refractivity contribution in [3.05, 3.63) is 0 Å². The first-order chi connectivity index (χ1) is 6.31. The lowest BCUT2D eigenvalue weighted by Gasteiger charge is -2.45. The number of ether oxygens (including phenoxy) is 1. The summed E-state index contributed by atoms with van der Waals surface area (Å²) in [5.41, 5.74) is -1.05. The normalized spacial score (nSPS) is 24.9. The Hall–Kier alpha value is -0.160. The van der Waals surface area contributed by atoms with Crippen molar-refractivity contribution in [2.45, 2.75) is 52.1 Å². The zero-order chi connectivity index (χ0) is 11.5. The van der Waals surface area contributed by atoms with E-state index >= 15 is 0 Å². The van der Waals surface area contributed by atoms with Crippen molar-refractivity contribution in [2.75, 3.05) is 7.11 Å². The van der Waals surface area contributed by atoms with E-state index in [0.29, 0.717) is 0 Å². The molecule has 4 unspecified atom stereocenters. The van der Waals surface area contributed by atoms with Crippen molar-refractivity contribution in [1.29, 1.82) is 0 Å². The van der Waals surface area contributed by atoms with E-state index in [0.717, 1.165) is 0 Å². The molecular weight excluding hydrogens is 184 g/mol. The Labute approximate surface area is 85.5 Å². The Morgan fingerprint density at radius 2 is 1.14 bits per heavy atom. The Kier molecular flexibility index (Phi) is 5.01. The van der Waals surface area contributed by atoms with E-state index in [1.165, 1.54) is 7.11 Å². The van der Waals surface area contributed by atoms with Crippen LogP contribution in [0.4, 0.5) is 0 Å². The minimum atomic E-state index is -1.05. The van der Waals surface area contributed by atoms with Crippen LogP contribution in [-0.4, -0.2) is 46.8 Å². The summed E-state index contributed by atoms with van der Waals surface area (Å²) in [5, 5.41) is 29.1. The minimum Gasteiger partial charge on any atom is -0.393 e. The van der Waals surface area contributed by atoms with Gasteiger partial charge in [-0.25, -0.2) is 0 Å². The van der Waals surface area contributed by atoms with Crippen LogP contribution in [0.1, 0.15) is 27.7 Å². The Balaban J connectivity index is 5.16. The summed E-state index contributed by atoms with van der Waals surface area (Å²) >= 11 is 0. The van der Waals surface area contributed by atoms with Crippen LogP contribution in [0.15, 0.2) is 0 Å². The van der Waals surface area contributed by atoms with E-state index in [2.05, 4.69) is 0 Å². The summed E-state index contributed by atoms with van der Waals surface area (Å²) in [6.07, 6.45) is -2.98. The van der Waals surface area contributed by atoms with E-state index < -0.39 is 29.8 Å². The molecule has 0 amide bonds. The molecule has 14 heavy (non-hydrogen) atoms. The molecule has 0 aliphatic rings. The smallest absolute Gasteiger partial charge is 0.0731 e. The summed E-state index contributed by atoms with van der Waals surface area (Å²) < 4.78 is 5.12. The third kappa shape index (κ3) is 2.08. The maximum atomic E-state index is 9.70. The van der Waals surface area contributed by atoms with E-state index in [1.54, 1.807) is 27.7 Å². The third-order valence-corrected chi connectivity index (χ3v) is 3.23. The van der Waals surface area contributed by atoms with E-state index in [1.807, 2.05) is 0 Å². The zero-order valence-electron chi connectivity index (χ0n) is 9.56. The van der Waals surface area contributed by atoms with Gasteiger partial charge < -0.3 is 20.1 Å². The quantitative estimate of drug-likeness (QED) is 0.599. The fourth-order valence-corrected chi connectivity index (χ4v) is 2.27. The van der Waals surface area contributed by atoms with E-state index in [9.17, 15) is 15.3 Å². The van der Waals surface area contributed by atoms with Crippen LogP contribution in [-0.2, 0) is 4.74 Å². The Bertz CT molecular complexity index is 144. The largest absolute Gasteiger partial charge is 0.393 e. The topological polar surface area (TPSA) is 69.9 Å². The molecule has 0 aromatic carbocycles. The first kappa shape index (κ1) is 13.8. The fraction of sp³-hybridized carbons (Fsp3) is 1.00. The van der Waals surface area contributed by atoms with Crippen LogP contribution in [0, 0.1) is 5.41 Å². The molecule has 0 aliphatic heterocycles. The van der Waals surface area contributed by atoms with Crippen molar-refractivity contribution >= 4 is 0 Å². The van der Waals surface area contributed by atoms with Gasteiger partial charge in [-0.2, -0.15) is 0 Å². The third-order valence-electron chi connectivity index (χ3n) is 3.23. The highest BCUT2D eigenvalue weighted by Crippen LogP contribution is 2.36. The molecule has 0 heterocycles. The van der Waals surface area contributed by atoms with Gasteiger partial charge >= 0.3 is 0 Å². The van der Waals surface area contributed by atoms with Crippen molar-refractivity contribution in [1.82, 2.24) is 0 Å². The van der Waals surface area contributed by atoms with Gasteiger partial charge in [-0.3, -0.25) is 0 Å². The molecule has 0 bridgehead atoms. The second-order valence-corrected chi connectivity index (χ2v) is 3.91. The summed E-state index contributed by atoms with van der Waals surface area (Å²) in [6, 6.07) is 0. The number of aliphatic hydroxyl groups excluding tert-OH is 3. The molecule has 0 aromatic rings. The van der Waals surface area contributed by atoms with Gasteiger partial charge in [-0.15, -0.1) is 0 Å². The number of methoxy groups -OCH3 is 1. The van der Waals surface area contributed by atoms with Gasteiger partial charge in [-0.05, 0) is 27.7 Å². The van der Waals surface area contributed by atoms with Crippen LogP contribution in [0.3, 0.4) is 0 Å². The maximum Gasteiger partial charge on any atom is 0.0731 e. The number of hydrogen-bond acceptors (Lipinski definition) is 4. The highest BCUT2D eigenvalue weighted by atomic mass is 16.5. The van der Waals surface area contributed by atoms with Gasteiger partial charge in [0.1, 0.15) is 0 Å². The molecular formula is C10H22O4. The Morgan fingerprint density at radius 1 is 0.857 bits per heavy atom. The summed E-state index contributed by atoms with van der Waals surface area (Å²) in [5.74, 6) is 0. The number of rotatable bonds is 5. The van der Waals surface area contributed by atoms with E-state index in [4.69, 9.17) is 4.74 Å². The van der Waals surface area contributed by atoms with Crippen LogP contribution in [0.2, 0.25) is 0 Å². The van der Waals surface area contributed by atoms with Crippen molar-refractivity contribution in [3.63, 3.8) is 0 Å². The fourth-order valence-electron chi connectivity index (χ4n) is 2.27. The molecule has 0 saturated heterocycles. The van der Waals surface area contributed by atoms with Crippen molar-refractivity contribution in [2.24, 2.45) is 5.41 Å². The van der Waals surface area contributed by atoms with E-state index in [-0.39, 0.29) is 0 Å². The number of hydrogen-bond donors (Lipinski definition) is 3. The maximum absolute atomic E-state index is 9.70. The van der Waals surface area contributed by atoms with Gasteiger partial charge in [0.05, 0.1) is 29.8 Å². The molecule has 0 aliphatic carbocycles. The van der Waals surface area contributed by atoms with Crippen molar-refractivity contribution in [3.8, 4) is 0 Å². The van der Waals surface area contributed by atoms with Gasteiger partial charge in [-0.1, -0.05) is 0 Å². The first-order valence-corrected chi connectivity index (χ1v) is 4.88. The Morgan fingerprint density at radius 3 is 1.21 bits per heavy atom.